The first-order valence-corrected chi connectivity index (χ1v) is 6.55. The van der Waals surface area contributed by atoms with E-state index in [1.54, 1.807) is 12.1 Å². The number of esters is 1. The second-order valence-corrected chi connectivity index (χ2v) is 5.51. The molecule has 96 valence electrons. The van der Waals surface area contributed by atoms with Gasteiger partial charge in [0.2, 0.25) is 10.0 Å². The summed E-state index contributed by atoms with van der Waals surface area (Å²) in [5.74, 6) is -0.848. The van der Waals surface area contributed by atoms with Gasteiger partial charge in [0.25, 0.3) is 0 Å². The van der Waals surface area contributed by atoms with Gasteiger partial charge in [-0.05, 0) is 25.1 Å². The number of hydrogen-bond donors (Lipinski definition) is 1. The van der Waals surface area contributed by atoms with Crippen molar-refractivity contribution in [2.24, 2.45) is 0 Å². The molecule has 0 aliphatic rings. The van der Waals surface area contributed by atoms with E-state index in [9.17, 15) is 13.2 Å². The lowest BCUT2D eigenvalue weighted by Gasteiger charge is -2.12. The number of nitrogens with zero attached hydrogens (tertiary/aromatic N) is 1. The molecule has 1 atom stereocenters. The fourth-order valence-electron chi connectivity index (χ4n) is 1.20. The van der Waals surface area contributed by atoms with Gasteiger partial charge in [0.05, 0.1) is 18.7 Å². The molecule has 0 radical (unpaired) electrons. The van der Waals surface area contributed by atoms with E-state index in [1.807, 2.05) is 6.07 Å². The lowest BCUT2D eigenvalue weighted by Crippen LogP contribution is -2.33. The minimum absolute atomic E-state index is 0.227. The number of carbonyl (C=O) groups excluding carboxylic acids is 1. The van der Waals surface area contributed by atoms with Crippen LogP contribution in [0.1, 0.15) is 12.5 Å². The van der Waals surface area contributed by atoms with Gasteiger partial charge >= 0.3 is 5.97 Å². The molecule has 1 aromatic rings. The quantitative estimate of drug-likeness (QED) is 0.817. The van der Waals surface area contributed by atoms with Crippen molar-refractivity contribution >= 4 is 21.7 Å². The molecule has 1 unspecified atom stereocenters. The predicted octanol–water partition coefficient (Wildman–Crippen LogP) is 0.861. The fraction of sp³-hybridized carbons (Fsp3) is 0.273. The Morgan fingerprint density at radius 3 is 2.72 bits per heavy atom. The summed E-state index contributed by atoms with van der Waals surface area (Å²) < 4.78 is 30.2. The Kier molecular flexibility index (Phi) is 4.28. The standard InChI is InChI=1S/C11H12N2O4S/c1-8(11(14)17-2)18(15,16)13-10-5-3-4-9(6-10)7-12/h3-6,8,13H,1-2H3. The van der Waals surface area contributed by atoms with Crippen molar-refractivity contribution in [3.05, 3.63) is 29.8 Å². The van der Waals surface area contributed by atoms with Gasteiger partial charge in [-0.15, -0.1) is 0 Å². The van der Waals surface area contributed by atoms with Gasteiger partial charge < -0.3 is 4.74 Å². The number of nitrogens with one attached hydrogen (secondary N) is 1. The van der Waals surface area contributed by atoms with Gasteiger partial charge in [0.1, 0.15) is 0 Å². The smallest absolute Gasteiger partial charge is 0.325 e. The number of carbonyl (C=O) groups is 1. The molecule has 6 nitrogen and oxygen atoms in total. The molecule has 0 aliphatic carbocycles. The van der Waals surface area contributed by atoms with E-state index < -0.39 is 21.2 Å². The maximum absolute atomic E-state index is 11.8. The van der Waals surface area contributed by atoms with Crippen molar-refractivity contribution < 1.29 is 17.9 Å². The molecule has 0 bridgehead atoms. The van der Waals surface area contributed by atoms with Crippen LogP contribution < -0.4 is 4.72 Å². The van der Waals surface area contributed by atoms with Crippen LogP contribution >= 0.6 is 0 Å². The second-order valence-electron chi connectivity index (χ2n) is 3.51. The lowest BCUT2D eigenvalue weighted by molar-refractivity contribution is -0.139. The zero-order chi connectivity index (χ0) is 13.8. The Balaban J connectivity index is 2.96. The van der Waals surface area contributed by atoms with E-state index in [-0.39, 0.29) is 5.69 Å². The molecule has 0 aliphatic heterocycles. The summed E-state index contributed by atoms with van der Waals surface area (Å²) in [6.45, 7) is 1.22. The normalized spacial score (nSPS) is 12.3. The van der Waals surface area contributed by atoms with Crippen molar-refractivity contribution in [1.82, 2.24) is 0 Å². The van der Waals surface area contributed by atoms with E-state index in [0.29, 0.717) is 5.56 Å². The van der Waals surface area contributed by atoms with Gasteiger partial charge in [0.15, 0.2) is 5.25 Å². The summed E-state index contributed by atoms with van der Waals surface area (Å²) in [5.41, 5.74) is 0.547. The fourth-order valence-corrected chi connectivity index (χ4v) is 2.18. The summed E-state index contributed by atoms with van der Waals surface area (Å²) in [6, 6.07) is 7.84. The van der Waals surface area contributed by atoms with Crippen molar-refractivity contribution in [3.8, 4) is 6.07 Å². The van der Waals surface area contributed by atoms with Gasteiger partial charge in [-0.1, -0.05) is 6.07 Å². The third-order valence-electron chi connectivity index (χ3n) is 2.25. The van der Waals surface area contributed by atoms with Crippen LogP contribution in [0.2, 0.25) is 0 Å². The summed E-state index contributed by atoms with van der Waals surface area (Å²) in [6.07, 6.45) is 0. The van der Waals surface area contributed by atoms with Crippen LogP contribution in [0, 0.1) is 11.3 Å². The van der Waals surface area contributed by atoms with Gasteiger partial charge in [-0.2, -0.15) is 5.26 Å². The Hall–Kier alpha value is -2.07. The number of hydrogen-bond acceptors (Lipinski definition) is 5. The van der Waals surface area contributed by atoms with Crippen LogP contribution in [0.15, 0.2) is 24.3 Å². The topological polar surface area (TPSA) is 96.3 Å². The number of nitriles is 1. The third-order valence-corrected chi connectivity index (χ3v) is 3.89. The average Bonchev–Trinajstić information content (AvgIpc) is 2.36. The molecular weight excluding hydrogens is 256 g/mol. The summed E-state index contributed by atoms with van der Waals surface area (Å²) in [4.78, 5) is 11.2. The molecule has 0 heterocycles. The van der Waals surface area contributed by atoms with E-state index in [4.69, 9.17) is 5.26 Å². The highest BCUT2D eigenvalue weighted by Gasteiger charge is 2.28. The van der Waals surface area contributed by atoms with E-state index in [0.717, 1.165) is 7.11 Å². The Morgan fingerprint density at radius 2 is 2.17 bits per heavy atom. The largest absolute Gasteiger partial charge is 0.468 e. The second kappa shape index (κ2) is 5.51. The molecular formula is C11H12N2O4S. The van der Waals surface area contributed by atoms with Gasteiger partial charge in [-0.25, -0.2) is 8.42 Å². The Morgan fingerprint density at radius 1 is 1.50 bits per heavy atom. The first-order valence-electron chi connectivity index (χ1n) is 5.00. The zero-order valence-corrected chi connectivity index (χ0v) is 10.7. The Bertz CT molecular complexity index is 589. The van der Waals surface area contributed by atoms with Crippen LogP contribution in [-0.4, -0.2) is 26.7 Å². The number of ether oxygens (including phenoxy) is 1. The molecule has 0 saturated heterocycles. The molecule has 7 heteroatoms. The van der Waals surface area contributed by atoms with Gasteiger partial charge in [0, 0.05) is 5.69 Å². The molecule has 1 aromatic carbocycles. The van der Waals surface area contributed by atoms with Crippen LogP contribution in [0.5, 0.6) is 0 Å². The number of methoxy groups -OCH3 is 1. The van der Waals surface area contributed by atoms with Crippen molar-refractivity contribution in [1.29, 1.82) is 5.26 Å². The highest BCUT2D eigenvalue weighted by atomic mass is 32.2. The number of benzene rings is 1. The predicted molar refractivity (Wildman–Crippen MR) is 65.2 cm³/mol. The number of anilines is 1. The summed E-state index contributed by atoms with van der Waals surface area (Å²) >= 11 is 0. The third kappa shape index (κ3) is 3.21. The molecule has 18 heavy (non-hydrogen) atoms. The van der Waals surface area contributed by atoms with Crippen LogP contribution in [0.4, 0.5) is 5.69 Å². The summed E-state index contributed by atoms with van der Waals surface area (Å²) in [7, 11) is -2.77. The molecule has 1 N–H and O–H groups in total. The van der Waals surface area contributed by atoms with Crippen molar-refractivity contribution in [2.45, 2.75) is 12.2 Å². The lowest BCUT2D eigenvalue weighted by atomic mass is 10.2. The highest BCUT2D eigenvalue weighted by molar-refractivity contribution is 7.94. The minimum Gasteiger partial charge on any atom is -0.468 e. The molecule has 0 amide bonds. The van der Waals surface area contributed by atoms with E-state index >= 15 is 0 Å². The maximum Gasteiger partial charge on any atom is 0.325 e. The Labute approximate surface area is 105 Å². The first-order chi connectivity index (χ1) is 8.40. The monoisotopic (exact) mass is 268 g/mol. The van der Waals surface area contributed by atoms with Crippen molar-refractivity contribution in [3.63, 3.8) is 0 Å². The molecule has 0 fully saturated rings. The molecule has 0 saturated carbocycles. The first kappa shape index (κ1) is 14.0. The SMILES string of the molecule is COC(=O)C(C)S(=O)(=O)Nc1cccc(C#N)c1. The van der Waals surface area contributed by atoms with Crippen LogP contribution in [0.3, 0.4) is 0 Å². The average molecular weight is 268 g/mol. The number of sulfonamides is 1. The minimum atomic E-state index is -3.88. The van der Waals surface area contributed by atoms with E-state index in [1.165, 1.54) is 19.1 Å². The van der Waals surface area contributed by atoms with Gasteiger partial charge in [-0.3, -0.25) is 9.52 Å². The molecule has 0 aromatic heterocycles. The highest BCUT2D eigenvalue weighted by Crippen LogP contribution is 2.14. The van der Waals surface area contributed by atoms with E-state index in [2.05, 4.69) is 9.46 Å². The van der Waals surface area contributed by atoms with Crippen LogP contribution in [-0.2, 0) is 19.6 Å². The summed E-state index contributed by atoms with van der Waals surface area (Å²) in [5, 5.41) is 7.37. The zero-order valence-electron chi connectivity index (χ0n) is 9.88. The molecule has 0 spiro atoms. The van der Waals surface area contributed by atoms with Crippen LogP contribution in [0.25, 0.3) is 0 Å². The maximum atomic E-state index is 11.8. The number of rotatable bonds is 4. The van der Waals surface area contributed by atoms with Crippen molar-refractivity contribution in [2.75, 3.05) is 11.8 Å². The molecule has 1 rings (SSSR count).